The Morgan fingerprint density at radius 1 is 1.26 bits per heavy atom. The van der Waals surface area contributed by atoms with Crippen LogP contribution in [0.3, 0.4) is 0 Å². The van der Waals surface area contributed by atoms with Crippen LogP contribution in [-0.4, -0.2) is 15.2 Å². The van der Waals surface area contributed by atoms with Gasteiger partial charge >= 0.3 is 0 Å². The van der Waals surface area contributed by atoms with Crippen LogP contribution in [0.5, 0.6) is 0 Å². The van der Waals surface area contributed by atoms with E-state index in [1.807, 2.05) is 23.6 Å². The van der Waals surface area contributed by atoms with Gasteiger partial charge in [-0.05, 0) is 23.6 Å². The van der Waals surface area contributed by atoms with Gasteiger partial charge in [0.25, 0.3) is 5.89 Å². The molecule has 0 bridgehead atoms. The number of pyridine rings is 1. The lowest BCUT2D eigenvalue weighted by Gasteiger charge is -1.97. The molecule has 0 unspecified atom stereocenters. The molecule has 0 spiro atoms. The van der Waals surface area contributed by atoms with Crippen molar-refractivity contribution in [2.75, 3.05) is 5.73 Å². The first-order chi connectivity index (χ1) is 9.31. The van der Waals surface area contributed by atoms with Crippen molar-refractivity contribution in [3.05, 3.63) is 41.7 Å². The van der Waals surface area contributed by atoms with Gasteiger partial charge in [0.2, 0.25) is 5.89 Å². The molecule has 2 N–H and O–H groups in total. The zero-order valence-corrected chi connectivity index (χ0v) is 11.4. The molecule has 3 aromatic heterocycles. The van der Waals surface area contributed by atoms with E-state index >= 15 is 0 Å². The summed E-state index contributed by atoms with van der Waals surface area (Å²) in [5, 5.41) is 10.0. The Bertz CT molecular complexity index is 649. The lowest BCUT2D eigenvalue weighted by Crippen LogP contribution is -1.88. The monoisotopic (exact) mass is 290 g/mol. The molecule has 0 aliphatic carbocycles. The van der Waals surface area contributed by atoms with Gasteiger partial charge in [-0.1, -0.05) is 6.07 Å². The summed E-state index contributed by atoms with van der Waals surface area (Å²) in [4.78, 5) is 6.03. The highest BCUT2D eigenvalue weighted by Crippen LogP contribution is 2.26. The summed E-state index contributed by atoms with van der Waals surface area (Å²) >= 11 is 3.16. The zero-order chi connectivity index (χ0) is 13.1. The van der Waals surface area contributed by atoms with Gasteiger partial charge in [-0.3, -0.25) is 0 Å². The minimum atomic E-state index is 0.516. The number of nitrogen functional groups attached to an aromatic ring is 1. The lowest BCUT2D eigenvalue weighted by atomic mass is 10.5. The number of thioether (sulfide) groups is 1. The van der Waals surface area contributed by atoms with Crippen molar-refractivity contribution >= 4 is 28.9 Å². The molecule has 0 aliphatic heterocycles. The van der Waals surface area contributed by atoms with Crippen molar-refractivity contribution in [1.82, 2.24) is 15.2 Å². The van der Waals surface area contributed by atoms with E-state index in [0.717, 1.165) is 9.77 Å². The molecule has 0 amide bonds. The first-order valence-electron chi connectivity index (χ1n) is 5.52. The van der Waals surface area contributed by atoms with Crippen LogP contribution < -0.4 is 5.73 Å². The first kappa shape index (κ1) is 12.2. The van der Waals surface area contributed by atoms with Crippen molar-refractivity contribution in [3.63, 3.8) is 0 Å². The summed E-state index contributed by atoms with van der Waals surface area (Å²) in [6.45, 7) is 0. The summed E-state index contributed by atoms with van der Waals surface area (Å²) in [6.07, 6.45) is 1.73. The average Bonchev–Trinajstić information content (AvgIpc) is 3.09. The van der Waals surface area contributed by atoms with Gasteiger partial charge in [0, 0.05) is 11.1 Å². The third-order valence-electron chi connectivity index (χ3n) is 2.32. The predicted octanol–water partition coefficient (Wildman–Crippen LogP) is 3.07. The van der Waals surface area contributed by atoms with E-state index in [1.165, 1.54) is 0 Å². The van der Waals surface area contributed by atoms with E-state index in [0.29, 0.717) is 23.4 Å². The molecule has 3 rings (SSSR count). The molecule has 0 radical (unpaired) electrons. The number of nitrogens with two attached hydrogens (primary N) is 1. The topological polar surface area (TPSA) is 77.8 Å². The highest BCUT2D eigenvalue weighted by atomic mass is 32.2. The van der Waals surface area contributed by atoms with Crippen LogP contribution in [0.25, 0.3) is 10.8 Å². The molecular weight excluding hydrogens is 280 g/mol. The van der Waals surface area contributed by atoms with Gasteiger partial charge in [-0.15, -0.1) is 33.3 Å². The zero-order valence-electron chi connectivity index (χ0n) is 9.81. The summed E-state index contributed by atoms with van der Waals surface area (Å²) in [7, 11) is 0. The van der Waals surface area contributed by atoms with Gasteiger partial charge < -0.3 is 10.2 Å². The third-order valence-corrected chi connectivity index (χ3v) is 4.14. The number of thiophene rings is 1. The third kappa shape index (κ3) is 2.94. The Hall–Kier alpha value is -1.86. The molecule has 0 aliphatic rings. The average molecular weight is 290 g/mol. The highest BCUT2D eigenvalue weighted by Gasteiger charge is 2.09. The second-order valence-corrected chi connectivity index (χ2v) is 5.68. The molecule has 3 aromatic rings. The fraction of sp³-hybridized carbons (Fsp3) is 0.0833. The Morgan fingerprint density at radius 3 is 2.95 bits per heavy atom. The van der Waals surface area contributed by atoms with Crippen LogP contribution in [0.4, 0.5) is 5.82 Å². The molecule has 0 saturated heterocycles. The van der Waals surface area contributed by atoms with Crippen molar-refractivity contribution in [2.24, 2.45) is 0 Å². The maximum absolute atomic E-state index is 5.60. The van der Waals surface area contributed by atoms with Crippen LogP contribution >= 0.6 is 23.1 Å². The minimum absolute atomic E-state index is 0.516. The maximum Gasteiger partial charge on any atom is 0.257 e. The van der Waals surface area contributed by atoms with E-state index in [4.69, 9.17) is 10.2 Å². The number of hydrogen-bond acceptors (Lipinski definition) is 7. The second kappa shape index (κ2) is 5.41. The largest absolute Gasteiger partial charge is 0.419 e. The van der Waals surface area contributed by atoms with Gasteiger partial charge in [0.05, 0.1) is 10.6 Å². The second-order valence-electron chi connectivity index (χ2n) is 3.69. The molecule has 3 heterocycles. The molecule has 0 saturated carbocycles. The molecule has 96 valence electrons. The molecule has 0 aromatic carbocycles. The van der Waals surface area contributed by atoms with Crippen LogP contribution in [0, 0.1) is 0 Å². The van der Waals surface area contributed by atoms with E-state index < -0.39 is 0 Å². The first-order valence-corrected chi connectivity index (χ1v) is 7.38. The van der Waals surface area contributed by atoms with Crippen molar-refractivity contribution in [3.8, 4) is 10.8 Å². The standard InChI is InChI=1S/C12H10N4OS2/c13-10-4-3-8(6-14-10)19-7-11-15-16-12(17-11)9-2-1-5-18-9/h1-6H,7H2,(H2,13,14). The number of nitrogens with zero attached hydrogens (tertiary/aromatic N) is 3. The van der Waals surface area contributed by atoms with Crippen molar-refractivity contribution < 1.29 is 4.42 Å². The summed E-state index contributed by atoms with van der Waals surface area (Å²) in [5.41, 5.74) is 5.53. The Balaban J connectivity index is 1.66. The quantitative estimate of drug-likeness (QED) is 0.744. The number of rotatable bonds is 4. The van der Waals surface area contributed by atoms with Gasteiger partial charge in [-0.25, -0.2) is 4.98 Å². The van der Waals surface area contributed by atoms with Crippen molar-refractivity contribution in [1.29, 1.82) is 0 Å². The molecule has 19 heavy (non-hydrogen) atoms. The summed E-state index contributed by atoms with van der Waals surface area (Å²) < 4.78 is 5.60. The van der Waals surface area contributed by atoms with Crippen LogP contribution in [0.2, 0.25) is 0 Å². The number of anilines is 1. The summed E-state index contributed by atoms with van der Waals surface area (Å²) in [5.74, 6) is 2.30. The van der Waals surface area contributed by atoms with Gasteiger partial charge in [0.1, 0.15) is 5.82 Å². The smallest absolute Gasteiger partial charge is 0.257 e. The fourth-order valence-electron chi connectivity index (χ4n) is 1.43. The van der Waals surface area contributed by atoms with Crippen LogP contribution in [0.15, 0.2) is 45.2 Å². The van der Waals surface area contributed by atoms with Crippen molar-refractivity contribution in [2.45, 2.75) is 10.6 Å². The van der Waals surface area contributed by atoms with Gasteiger partial charge in [0.15, 0.2) is 0 Å². The molecule has 0 fully saturated rings. The molecule has 5 nitrogen and oxygen atoms in total. The summed E-state index contributed by atoms with van der Waals surface area (Å²) in [6, 6.07) is 7.61. The highest BCUT2D eigenvalue weighted by molar-refractivity contribution is 7.98. The Kier molecular flexibility index (Phi) is 3.47. The maximum atomic E-state index is 5.60. The lowest BCUT2D eigenvalue weighted by molar-refractivity contribution is 0.529. The SMILES string of the molecule is Nc1ccc(SCc2nnc(-c3cccs3)o2)cn1. The van der Waals surface area contributed by atoms with Gasteiger partial charge in [-0.2, -0.15) is 0 Å². The predicted molar refractivity (Wildman–Crippen MR) is 75.8 cm³/mol. The normalized spacial score (nSPS) is 10.7. The van der Waals surface area contributed by atoms with E-state index in [1.54, 1.807) is 35.4 Å². The number of hydrogen-bond donors (Lipinski definition) is 1. The van der Waals surface area contributed by atoms with E-state index in [2.05, 4.69) is 15.2 Å². The van der Waals surface area contributed by atoms with Crippen LogP contribution in [0.1, 0.15) is 5.89 Å². The van der Waals surface area contributed by atoms with E-state index in [-0.39, 0.29) is 0 Å². The Morgan fingerprint density at radius 2 is 2.21 bits per heavy atom. The minimum Gasteiger partial charge on any atom is -0.419 e. The van der Waals surface area contributed by atoms with E-state index in [9.17, 15) is 0 Å². The molecule has 0 atom stereocenters. The van der Waals surface area contributed by atoms with Crippen LogP contribution in [-0.2, 0) is 5.75 Å². The fourth-order valence-corrected chi connectivity index (χ4v) is 2.78. The Labute approximate surface area is 117 Å². The molecule has 7 heteroatoms. The molecular formula is C12H10N4OS2. The number of aromatic nitrogens is 3.